The number of benzene rings is 7. The van der Waals surface area contributed by atoms with Gasteiger partial charge in [-0.3, -0.25) is 5.10 Å². The molecule has 0 bridgehead atoms. The zero-order valence-electron chi connectivity index (χ0n) is 79.9. The summed E-state index contributed by atoms with van der Waals surface area (Å²) in [6.45, 7) is 41.9. The summed E-state index contributed by atoms with van der Waals surface area (Å²) in [7, 11) is 0. The number of nitrogens with one attached hydrogen (secondary N) is 2. The number of rotatable bonds is 33. The number of hydrogen-bond acceptors (Lipinski definition) is 3. The van der Waals surface area contributed by atoms with Gasteiger partial charge in [-0.05, 0) is 336 Å². The van der Waals surface area contributed by atoms with Gasteiger partial charge in [0, 0.05) is 23.7 Å². The second-order valence-electron chi connectivity index (χ2n) is 37.3. The number of aryl methyl sites for hydroxylation is 15. The molecule has 5 nitrogen and oxygen atoms in total. The van der Waals surface area contributed by atoms with Crippen molar-refractivity contribution in [1.82, 2.24) is 25.4 Å². The van der Waals surface area contributed by atoms with Crippen LogP contribution in [0, 0.1) is 44.4 Å². The topological polar surface area (TPSA) is 70.2 Å². The fourth-order valence-corrected chi connectivity index (χ4v) is 20.9. The Morgan fingerprint density at radius 1 is 0.349 bits per heavy atom. The van der Waals surface area contributed by atoms with Crippen molar-refractivity contribution < 1.29 is 0 Å². The van der Waals surface area contributed by atoms with Gasteiger partial charge in [0.05, 0.1) is 0 Å². The molecule has 0 radical (unpaired) electrons. The fraction of sp³-hybridized carbons (Fsp3) is 0.446. The molecular formula is C121H159N5. The molecule has 126 heavy (non-hydrogen) atoms. The molecule has 0 saturated heterocycles. The van der Waals surface area contributed by atoms with Crippen LogP contribution < -0.4 is 0 Å². The van der Waals surface area contributed by atoms with E-state index in [0.717, 1.165) is 137 Å². The summed E-state index contributed by atoms with van der Waals surface area (Å²) < 4.78 is 0. The molecule has 5 heteroatoms. The molecule has 2 N–H and O–H groups in total. The van der Waals surface area contributed by atoms with Crippen LogP contribution in [0.3, 0.4) is 0 Å². The van der Waals surface area contributed by atoms with E-state index >= 15 is 0 Å². The number of aromatic amines is 2. The zero-order chi connectivity index (χ0) is 89.2. The van der Waals surface area contributed by atoms with E-state index in [9.17, 15) is 0 Å². The third-order valence-electron chi connectivity index (χ3n) is 28.1. The van der Waals surface area contributed by atoms with Crippen LogP contribution in [-0.2, 0) is 77.0 Å². The van der Waals surface area contributed by atoms with Gasteiger partial charge in [0.1, 0.15) is 12.2 Å². The number of hydrogen-bond donors (Lipinski definition) is 2. The molecule has 0 amide bonds. The van der Waals surface area contributed by atoms with Crippen LogP contribution in [0.15, 0.2) is 286 Å². The van der Waals surface area contributed by atoms with Gasteiger partial charge in [0.15, 0.2) is 0 Å². The Hall–Kier alpha value is -9.71. The largest absolute Gasteiger partial charge is 0.273 e. The number of allylic oxidation sites excluding steroid dienone is 16. The van der Waals surface area contributed by atoms with E-state index < -0.39 is 0 Å². The summed E-state index contributed by atoms with van der Waals surface area (Å²) in [5, 5.41) is 8.43. The van der Waals surface area contributed by atoms with Crippen molar-refractivity contribution in [3.05, 3.63) is 397 Å². The summed E-state index contributed by atoms with van der Waals surface area (Å²) >= 11 is 0. The fourth-order valence-electron chi connectivity index (χ4n) is 20.9. The van der Waals surface area contributed by atoms with Crippen LogP contribution >= 0.6 is 0 Å². The monoisotopic (exact) mass is 1680 g/mol. The first kappa shape index (κ1) is 98.5. The van der Waals surface area contributed by atoms with E-state index in [1.165, 1.54) is 228 Å². The molecule has 3 unspecified atom stereocenters. The summed E-state index contributed by atoms with van der Waals surface area (Å²) in [5.74, 6) is 7.12. The van der Waals surface area contributed by atoms with Gasteiger partial charge in [-0.1, -0.05) is 373 Å². The van der Waals surface area contributed by atoms with Crippen molar-refractivity contribution in [2.75, 3.05) is 0 Å². The maximum absolute atomic E-state index is 4.50. The molecular weight excluding hydrogens is 1520 g/mol. The molecule has 668 valence electrons. The quantitative estimate of drug-likeness (QED) is 0.0403. The minimum absolute atomic E-state index is 0.460. The second-order valence-corrected chi connectivity index (χ2v) is 37.3. The normalized spacial score (nSPS) is 18.3. The van der Waals surface area contributed by atoms with Gasteiger partial charge in [-0.25, -0.2) is 15.2 Å². The van der Waals surface area contributed by atoms with E-state index in [1.54, 1.807) is 29.2 Å². The Morgan fingerprint density at radius 2 is 0.675 bits per heavy atom. The summed E-state index contributed by atoms with van der Waals surface area (Å²) in [5.41, 5.74) is 33.8. The summed E-state index contributed by atoms with van der Waals surface area (Å²) in [4.78, 5) is 7.99. The molecule has 16 rings (SSSR count). The van der Waals surface area contributed by atoms with Gasteiger partial charge in [0.25, 0.3) is 0 Å². The summed E-state index contributed by atoms with van der Waals surface area (Å²) in [6, 6.07) is 58.2. The lowest BCUT2D eigenvalue weighted by molar-refractivity contribution is 0.474. The lowest BCUT2D eigenvalue weighted by Crippen LogP contribution is -2.08. The SMILES string of the molecule is C1=CCC=C1.C=C(CCc1ccc(CC)c(CC)c1)CC1CCCC1.C=C(CCc1ccc(CC)c(CC)c1)C[C@H]1CCCC1c1cccc(C)c1.C=C(CCc1ccc(CC)c(CC)c1)C[C@H]1CCCC1c1cccc(C2C=CC=C2)c1.C=C(CCc1ccc(CC)c(CC)c1)C[C@H]1CCCC1c1cccc(C2C=CC=C2)c1.Cc1ccnc(C)n1.c1n[nH][nH]1. The van der Waals surface area contributed by atoms with Crippen molar-refractivity contribution in [1.29, 1.82) is 0 Å². The van der Waals surface area contributed by atoms with Crippen molar-refractivity contribution in [3.63, 3.8) is 0 Å². The average molecular weight is 1680 g/mol. The van der Waals surface area contributed by atoms with Gasteiger partial charge >= 0.3 is 0 Å². The van der Waals surface area contributed by atoms with Crippen molar-refractivity contribution >= 4 is 0 Å². The lowest BCUT2D eigenvalue weighted by Gasteiger charge is -2.22. The highest BCUT2D eigenvalue weighted by molar-refractivity contribution is 5.42. The van der Waals surface area contributed by atoms with Crippen LogP contribution in [0.25, 0.3) is 0 Å². The number of aromatic nitrogens is 5. The third-order valence-corrected chi connectivity index (χ3v) is 28.1. The number of H-pyrrole nitrogens is 2. The molecule has 9 aromatic rings. The van der Waals surface area contributed by atoms with Crippen molar-refractivity contribution in [2.24, 2.45) is 23.7 Å². The molecule has 4 saturated carbocycles. The first-order valence-electron chi connectivity index (χ1n) is 49.6. The highest BCUT2D eigenvalue weighted by atomic mass is 15.4. The molecule has 2 aromatic heterocycles. The molecule has 0 spiro atoms. The Labute approximate surface area is 765 Å². The maximum Gasteiger partial charge on any atom is 0.130 e. The number of nitrogens with zero attached hydrogens (tertiary/aromatic N) is 3. The smallest absolute Gasteiger partial charge is 0.130 e. The summed E-state index contributed by atoms with van der Waals surface area (Å²) in [6.07, 6.45) is 71.6. The molecule has 7 aliphatic rings. The molecule has 7 aliphatic carbocycles. The van der Waals surface area contributed by atoms with Gasteiger partial charge in [-0.15, -0.1) is 5.10 Å². The van der Waals surface area contributed by atoms with Crippen LogP contribution in [-0.4, -0.2) is 25.4 Å². The zero-order valence-corrected chi connectivity index (χ0v) is 79.9. The predicted octanol–water partition coefficient (Wildman–Crippen LogP) is 32.8. The molecule has 4 fully saturated rings. The van der Waals surface area contributed by atoms with Crippen molar-refractivity contribution in [2.45, 2.75) is 324 Å². The highest BCUT2D eigenvalue weighted by Crippen LogP contribution is 2.47. The maximum atomic E-state index is 4.50. The van der Waals surface area contributed by atoms with Crippen LogP contribution in [0.4, 0.5) is 0 Å². The Balaban J connectivity index is 0.000000166. The Kier molecular flexibility index (Phi) is 42.1. The first-order valence-corrected chi connectivity index (χ1v) is 49.6. The first-order chi connectivity index (χ1) is 61.5. The van der Waals surface area contributed by atoms with E-state index in [4.69, 9.17) is 0 Å². The van der Waals surface area contributed by atoms with Gasteiger partial charge in [-0.2, -0.15) is 0 Å². The van der Waals surface area contributed by atoms with E-state index in [0.29, 0.717) is 23.7 Å². The highest BCUT2D eigenvalue weighted by Gasteiger charge is 2.32. The Morgan fingerprint density at radius 3 is 0.968 bits per heavy atom. The molecule has 0 aliphatic heterocycles. The Bertz CT molecular complexity index is 4770. The minimum atomic E-state index is 0.460. The average Bonchev–Trinajstić information content (AvgIpc) is 1.66. The van der Waals surface area contributed by atoms with Crippen LogP contribution in [0.2, 0.25) is 0 Å². The van der Waals surface area contributed by atoms with E-state index in [2.05, 4.69) is 333 Å². The molecule has 7 aromatic carbocycles. The van der Waals surface area contributed by atoms with E-state index in [1.807, 2.05) is 19.9 Å². The van der Waals surface area contributed by atoms with Gasteiger partial charge < -0.3 is 0 Å². The predicted molar refractivity (Wildman–Crippen MR) is 545 cm³/mol. The van der Waals surface area contributed by atoms with Crippen LogP contribution in [0.1, 0.15) is 338 Å². The van der Waals surface area contributed by atoms with E-state index in [-0.39, 0.29) is 0 Å². The van der Waals surface area contributed by atoms with Gasteiger partial charge in [0.2, 0.25) is 0 Å². The van der Waals surface area contributed by atoms with Crippen molar-refractivity contribution in [3.8, 4) is 0 Å². The minimum Gasteiger partial charge on any atom is -0.273 e. The second kappa shape index (κ2) is 53.8. The van der Waals surface area contributed by atoms with Crippen LogP contribution in [0.5, 0.6) is 0 Å². The molecule has 6 atom stereocenters. The lowest BCUT2D eigenvalue weighted by atomic mass is 9.82. The molecule has 2 heterocycles. The third kappa shape index (κ3) is 31.9. The standard InChI is InChI=1S/2C31H38.C27H36.C20H30.C6H8N2.C5H6.CH3N3/c2*1-4-25-19-18-24(21-26(25)5-2)17-16-23(3)20-29-14-9-15-31(29)30-13-8-12-28(22-30)27-10-6-7-11-27;1-5-23-16-15-22(19-24(23)6-2)14-13-21(4)18-26-11-8-12-27(26)25-10-7-9-20(3)17-25;1-4-19-13-12-18(15-20(19)5-2)11-10-16(3)14-17-8-6-7-9-17;1-5-3-4-7-6(2)8-5;1-2-4-5-3-1;1-2-4-3-1/h2*6-8,10-13,18-19,21-22,27,29,31H,3-5,9,14-17,20H2,1-2H3;7,9-10,15-17,19,26-27H,4-6,8,11-14,18H2,1-3H3;12-13,15,17H,3-11,14H2,1-2H3;3-4H,1-2H3;1-4H,5H2;1,4H,(H,2,3)/t2*29-,31?;26-,27?;;;;/m111..../s1.